The minimum Gasteiger partial charge on any atom is -0.365 e. The van der Waals surface area contributed by atoms with Crippen molar-refractivity contribution in [2.45, 2.75) is 61.6 Å². The molecule has 2 aliphatic rings. The fourth-order valence-corrected chi connectivity index (χ4v) is 4.44. The third-order valence-electron chi connectivity index (χ3n) is 6.13. The van der Waals surface area contributed by atoms with E-state index in [9.17, 15) is 31.2 Å². The lowest BCUT2D eigenvalue weighted by Gasteiger charge is -2.28. The Morgan fingerprint density at radius 2 is 1.68 bits per heavy atom. The Balaban J connectivity index is 1.58. The van der Waals surface area contributed by atoms with Crippen LogP contribution in [0.3, 0.4) is 0 Å². The summed E-state index contributed by atoms with van der Waals surface area (Å²) in [6, 6.07) is 6.35. The van der Waals surface area contributed by atoms with E-state index in [1.807, 2.05) is 0 Å². The fourth-order valence-electron chi connectivity index (χ4n) is 3.68. The standard InChI is InChI=1S/C22H23F3N4O4S/c1-20(2)18(30)29(15-4-6-16(7-5-15)34(32,33)22(23,24)25)19(31)28(20)13-14-8-11-26-17(12-14)27-21(3)9-10-21/h4-8,11-12H,9-10,13H2,1-3H3,(H,26,27). The predicted molar refractivity (Wildman–Crippen MR) is 118 cm³/mol. The van der Waals surface area contributed by atoms with Crippen molar-refractivity contribution in [2.24, 2.45) is 0 Å². The number of amides is 3. The van der Waals surface area contributed by atoms with Crippen molar-refractivity contribution in [3.05, 3.63) is 48.2 Å². The third kappa shape index (κ3) is 4.10. The minimum atomic E-state index is -5.54. The highest BCUT2D eigenvalue weighted by Crippen LogP contribution is 2.38. The normalized spacial score (nSPS) is 19.5. The Morgan fingerprint density at radius 1 is 1.06 bits per heavy atom. The smallest absolute Gasteiger partial charge is 0.365 e. The van der Waals surface area contributed by atoms with E-state index in [4.69, 9.17) is 0 Å². The average Bonchev–Trinajstić information content (AvgIpc) is 3.44. The van der Waals surface area contributed by atoms with Gasteiger partial charge in [0.15, 0.2) is 0 Å². The number of alkyl halides is 3. The number of sulfone groups is 1. The SMILES string of the molecule is CC1(Nc2cc(CN3C(=O)N(c4ccc(S(=O)(=O)C(F)(F)F)cc4)C(=O)C3(C)C)ccn2)CC1. The fraction of sp³-hybridized carbons (Fsp3) is 0.409. The third-order valence-corrected chi connectivity index (χ3v) is 7.63. The summed E-state index contributed by atoms with van der Waals surface area (Å²) in [5.41, 5.74) is -5.98. The molecule has 182 valence electrons. The second kappa shape index (κ2) is 7.69. The van der Waals surface area contributed by atoms with Crippen LogP contribution in [0.2, 0.25) is 0 Å². The van der Waals surface area contributed by atoms with Crippen LogP contribution in [0.15, 0.2) is 47.5 Å². The van der Waals surface area contributed by atoms with Crippen molar-refractivity contribution in [2.75, 3.05) is 10.2 Å². The van der Waals surface area contributed by atoms with Gasteiger partial charge in [-0.1, -0.05) is 0 Å². The molecule has 34 heavy (non-hydrogen) atoms. The number of imide groups is 1. The Hall–Kier alpha value is -3.15. The highest BCUT2D eigenvalue weighted by atomic mass is 32.2. The Kier molecular flexibility index (Phi) is 5.42. The largest absolute Gasteiger partial charge is 0.501 e. The van der Waals surface area contributed by atoms with Crippen molar-refractivity contribution in [3.8, 4) is 0 Å². The lowest BCUT2D eigenvalue weighted by atomic mass is 10.0. The molecule has 8 nitrogen and oxygen atoms in total. The molecule has 0 radical (unpaired) electrons. The number of anilines is 2. The summed E-state index contributed by atoms with van der Waals surface area (Å²) in [7, 11) is -5.54. The predicted octanol–water partition coefficient (Wildman–Crippen LogP) is 4.09. The van der Waals surface area contributed by atoms with E-state index in [-0.39, 0.29) is 17.8 Å². The number of urea groups is 1. The van der Waals surface area contributed by atoms with Crippen LogP contribution in [0.4, 0.5) is 29.5 Å². The van der Waals surface area contributed by atoms with Gasteiger partial charge in [-0.2, -0.15) is 13.2 Å². The van der Waals surface area contributed by atoms with E-state index in [0.717, 1.165) is 47.6 Å². The quantitative estimate of drug-likeness (QED) is 0.605. The second-order valence-electron chi connectivity index (χ2n) is 9.25. The molecule has 12 heteroatoms. The highest BCUT2D eigenvalue weighted by Gasteiger charge is 2.52. The van der Waals surface area contributed by atoms with Gasteiger partial charge in [0.25, 0.3) is 15.7 Å². The highest BCUT2D eigenvalue weighted by molar-refractivity contribution is 7.92. The number of benzene rings is 1. The van der Waals surface area contributed by atoms with Gasteiger partial charge in [-0.15, -0.1) is 0 Å². The maximum Gasteiger partial charge on any atom is 0.501 e. The minimum absolute atomic E-state index is 0.00683. The molecule has 2 fully saturated rings. The first kappa shape index (κ1) is 24.0. The molecule has 3 amide bonds. The maximum atomic E-state index is 13.2. The molecule has 1 saturated heterocycles. The van der Waals surface area contributed by atoms with Gasteiger partial charge in [0.1, 0.15) is 11.4 Å². The van der Waals surface area contributed by atoms with Gasteiger partial charge in [-0.05, 0) is 75.6 Å². The summed E-state index contributed by atoms with van der Waals surface area (Å²) in [5.74, 6) is 0.0772. The molecule has 1 aliphatic heterocycles. The van der Waals surface area contributed by atoms with Crippen molar-refractivity contribution >= 4 is 33.3 Å². The van der Waals surface area contributed by atoms with Crippen LogP contribution in [-0.2, 0) is 21.2 Å². The summed E-state index contributed by atoms with van der Waals surface area (Å²) < 4.78 is 61.6. The molecule has 1 aliphatic carbocycles. The number of carbonyl (C=O) groups is 2. The summed E-state index contributed by atoms with van der Waals surface area (Å²) in [5, 5.41) is 3.34. The maximum absolute atomic E-state index is 13.2. The lowest BCUT2D eigenvalue weighted by Crippen LogP contribution is -2.43. The van der Waals surface area contributed by atoms with Crippen molar-refractivity contribution in [3.63, 3.8) is 0 Å². The van der Waals surface area contributed by atoms with E-state index < -0.39 is 37.7 Å². The van der Waals surface area contributed by atoms with Gasteiger partial charge in [0.05, 0.1) is 10.6 Å². The number of carbonyl (C=O) groups excluding carboxylic acids is 2. The number of pyridine rings is 1. The van der Waals surface area contributed by atoms with E-state index in [2.05, 4.69) is 17.2 Å². The van der Waals surface area contributed by atoms with Crippen LogP contribution in [0, 0.1) is 0 Å². The van der Waals surface area contributed by atoms with E-state index in [1.165, 1.54) is 4.90 Å². The Morgan fingerprint density at radius 3 is 2.24 bits per heavy atom. The van der Waals surface area contributed by atoms with Crippen molar-refractivity contribution in [1.29, 1.82) is 0 Å². The zero-order chi connectivity index (χ0) is 25.1. The van der Waals surface area contributed by atoms with Gasteiger partial charge in [0, 0.05) is 18.3 Å². The first-order valence-corrected chi connectivity index (χ1v) is 11.9. The van der Waals surface area contributed by atoms with Gasteiger partial charge < -0.3 is 10.2 Å². The molecule has 1 saturated carbocycles. The molecule has 2 aromatic rings. The molecular formula is C22H23F3N4O4S. The van der Waals surface area contributed by atoms with Crippen molar-refractivity contribution in [1.82, 2.24) is 9.88 Å². The molecule has 0 atom stereocenters. The number of nitrogens with one attached hydrogen (secondary N) is 1. The first-order valence-electron chi connectivity index (χ1n) is 10.5. The van der Waals surface area contributed by atoms with Crippen LogP contribution >= 0.6 is 0 Å². The first-order chi connectivity index (χ1) is 15.7. The lowest BCUT2D eigenvalue weighted by molar-refractivity contribution is -0.123. The molecule has 1 aromatic heterocycles. The molecule has 0 bridgehead atoms. The van der Waals surface area contributed by atoms with E-state index in [1.54, 1.807) is 32.2 Å². The summed E-state index contributed by atoms with van der Waals surface area (Å²) in [4.78, 5) is 31.8. The van der Waals surface area contributed by atoms with Gasteiger partial charge >= 0.3 is 11.5 Å². The Bertz CT molecular complexity index is 1260. The van der Waals surface area contributed by atoms with Gasteiger partial charge in [-0.3, -0.25) is 4.79 Å². The van der Waals surface area contributed by atoms with E-state index >= 15 is 0 Å². The van der Waals surface area contributed by atoms with Gasteiger partial charge in [-0.25, -0.2) is 23.1 Å². The number of hydrogen-bond acceptors (Lipinski definition) is 6. The second-order valence-corrected chi connectivity index (χ2v) is 11.2. The summed E-state index contributed by atoms with van der Waals surface area (Å²) in [6.45, 7) is 5.32. The molecule has 0 spiro atoms. The molecule has 2 heterocycles. The molecule has 0 unspecified atom stereocenters. The van der Waals surface area contributed by atoms with Crippen LogP contribution < -0.4 is 10.2 Å². The number of nitrogens with zero attached hydrogens (tertiary/aromatic N) is 3. The number of halogens is 3. The Labute approximate surface area is 194 Å². The van der Waals surface area contributed by atoms with Crippen LogP contribution in [0.1, 0.15) is 39.2 Å². The number of aromatic nitrogens is 1. The van der Waals surface area contributed by atoms with Gasteiger partial charge in [0.2, 0.25) is 0 Å². The van der Waals surface area contributed by atoms with Crippen LogP contribution in [0.5, 0.6) is 0 Å². The molecular weight excluding hydrogens is 473 g/mol. The number of hydrogen-bond donors (Lipinski definition) is 1. The molecule has 1 aromatic carbocycles. The molecule has 4 rings (SSSR count). The monoisotopic (exact) mass is 496 g/mol. The molecule has 1 N–H and O–H groups in total. The van der Waals surface area contributed by atoms with Crippen LogP contribution in [-0.4, -0.2) is 46.8 Å². The topological polar surface area (TPSA) is 99.7 Å². The zero-order valence-corrected chi connectivity index (χ0v) is 19.5. The van der Waals surface area contributed by atoms with Crippen LogP contribution in [0.25, 0.3) is 0 Å². The number of rotatable bonds is 6. The van der Waals surface area contributed by atoms with E-state index in [0.29, 0.717) is 5.82 Å². The van der Waals surface area contributed by atoms with Crippen molar-refractivity contribution < 1.29 is 31.2 Å². The average molecular weight is 497 g/mol. The zero-order valence-electron chi connectivity index (χ0n) is 18.7. The summed E-state index contributed by atoms with van der Waals surface area (Å²) >= 11 is 0. The summed E-state index contributed by atoms with van der Waals surface area (Å²) in [6.07, 6.45) is 3.67.